The van der Waals surface area contributed by atoms with Gasteiger partial charge in [-0.25, -0.2) is 4.98 Å². The van der Waals surface area contributed by atoms with Crippen molar-refractivity contribution >= 4 is 17.2 Å². The summed E-state index contributed by atoms with van der Waals surface area (Å²) in [5.74, 6) is 0.410. The van der Waals surface area contributed by atoms with Crippen molar-refractivity contribution in [3.05, 3.63) is 42.1 Å². The summed E-state index contributed by atoms with van der Waals surface area (Å²) in [6.07, 6.45) is -2.13. The van der Waals surface area contributed by atoms with Crippen LogP contribution in [0.25, 0.3) is 0 Å². The van der Waals surface area contributed by atoms with Crippen LogP contribution in [0.3, 0.4) is 0 Å². The number of methoxy groups -OCH3 is 1. The minimum absolute atomic E-state index is 0.238. The first-order valence-corrected chi connectivity index (χ1v) is 8.81. The molecule has 0 aliphatic carbocycles. The summed E-state index contributed by atoms with van der Waals surface area (Å²) in [5, 5.41) is 22.3. The molecule has 2 aromatic rings. The molecule has 28 heavy (non-hydrogen) atoms. The van der Waals surface area contributed by atoms with Crippen molar-refractivity contribution in [2.24, 2.45) is 0 Å². The normalized spacial score (nSPS) is 16.7. The predicted molar refractivity (Wildman–Crippen MR) is 99.0 cm³/mol. The number of aliphatic hydroxyl groups is 2. The summed E-state index contributed by atoms with van der Waals surface area (Å²) >= 11 is 0. The molecule has 1 aliphatic heterocycles. The standard InChI is InChI=1S/C19H22F3N3O3/c1-28-16-3-2-13(10-15(16)19(20,21)22)24-14-4-7-23-17(11-14)25-8-5-18(27,12-26)6-9-25/h2-4,7,10-11,26-27H,5-6,8-9,12H2,1H3,(H,23,24). The van der Waals surface area contributed by atoms with Crippen LogP contribution in [0.15, 0.2) is 36.5 Å². The molecule has 6 nitrogen and oxygen atoms in total. The number of aromatic nitrogens is 1. The van der Waals surface area contributed by atoms with Gasteiger partial charge < -0.3 is 25.2 Å². The second-order valence-electron chi connectivity index (χ2n) is 6.81. The smallest absolute Gasteiger partial charge is 0.420 e. The van der Waals surface area contributed by atoms with Crippen LogP contribution >= 0.6 is 0 Å². The van der Waals surface area contributed by atoms with Crippen molar-refractivity contribution in [3.63, 3.8) is 0 Å². The van der Waals surface area contributed by atoms with Gasteiger partial charge in [0.25, 0.3) is 0 Å². The SMILES string of the molecule is COc1ccc(Nc2ccnc(N3CCC(O)(CO)CC3)c2)cc1C(F)(F)F. The molecule has 9 heteroatoms. The van der Waals surface area contributed by atoms with Gasteiger partial charge in [0.1, 0.15) is 11.6 Å². The van der Waals surface area contributed by atoms with Gasteiger partial charge in [0, 0.05) is 36.7 Å². The highest BCUT2D eigenvalue weighted by atomic mass is 19.4. The maximum atomic E-state index is 13.2. The van der Waals surface area contributed by atoms with E-state index in [1.165, 1.54) is 19.2 Å². The van der Waals surface area contributed by atoms with Gasteiger partial charge in [-0.15, -0.1) is 0 Å². The van der Waals surface area contributed by atoms with Crippen molar-refractivity contribution in [2.75, 3.05) is 37.0 Å². The highest BCUT2D eigenvalue weighted by molar-refractivity contribution is 5.65. The molecule has 1 fully saturated rings. The van der Waals surface area contributed by atoms with Crippen molar-refractivity contribution in [1.29, 1.82) is 0 Å². The summed E-state index contributed by atoms with van der Waals surface area (Å²) in [6, 6.07) is 7.18. The van der Waals surface area contributed by atoms with Crippen LogP contribution in [0.1, 0.15) is 18.4 Å². The average molecular weight is 397 g/mol. The molecule has 2 heterocycles. The molecule has 3 N–H and O–H groups in total. The van der Waals surface area contributed by atoms with Crippen molar-refractivity contribution in [2.45, 2.75) is 24.6 Å². The summed E-state index contributed by atoms with van der Waals surface area (Å²) in [5.41, 5.74) is -1.05. The maximum absolute atomic E-state index is 13.2. The van der Waals surface area contributed by atoms with E-state index in [9.17, 15) is 23.4 Å². The van der Waals surface area contributed by atoms with Gasteiger partial charge in [0.2, 0.25) is 0 Å². The Morgan fingerprint density at radius 2 is 1.86 bits per heavy atom. The lowest BCUT2D eigenvalue weighted by Gasteiger charge is -2.37. The van der Waals surface area contributed by atoms with E-state index in [0.717, 1.165) is 6.07 Å². The number of alkyl halides is 3. The fraction of sp³-hybridized carbons (Fsp3) is 0.421. The van der Waals surface area contributed by atoms with E-state index in [-0.39, 0.29) is 18.0 Å². The van der Waals surface area contributed by atoms with Crippen LogP contribution in [-0.4, -0.2) is 47.6 Å². The Morgan fingerprint density at radius 1 is 1.18 bits per heavy atom. The number of hydrogen-bond acceptors (Lipinski definition) is 6. The molecule has 0 saturated carbocycles. The number of rotatable bonds is 5. The van der Waals surface area contributed by atoms with Gasteiger partial charge in [-0.2, -0.15) is 13.2 Å². The summed E-state index contributed by atoms with van der Waals surface area (Å²) in [6.45, 7) is 0.761. The van der Waals surface area contributed by atoms with E-state index in [0.29, 0.717) is 37.4 Å². The molecule has 0 bridgehead atoms. The van der Waals surface area contributed by atoms with E-state index in [1.807, 2.05) is 4.90 Å². The monoisotopic (exact) mass is 397 g/mol. The quantitative estimate of drug-likeness (QED) is 0.720. The number of nitrogens with one attached hydrogen (secondary N) is 1. The third-order valence-corrected chi connectivity index (χ3v) is 4.85. The van der Waals surface area contributed by atoms with E-state index in [4.69, 9.17) is 4.74 Å². The lowest BCUT2D eigenvalue weighted by Crippen LogP contribution is -2.46. The van der Waals surface area contributed by atoms with Crippen LogP contribution in [0.4, 0.5) is 30.4 Å². The van der Waals surface area contributed by atoms with Gasteiger partial charge >= 0.3 is 6.18 Å². The summed E-state index contributed by atoms with van der Waals surface area (Å²) in [7, 11) is 1.20. The first-order chi connectivity index (χ1) is 13.2. The Bertz CT molecular complexity index is 822. The minimum Gasteiger partial charge on any atom is -0.496 e. The van der Waals surface area contributed by atoms with Crippen molar-refractivity contribution in [1.82, 2.24) is 4.98 Å². The molecule has 0 amide bonds. The molecule has 0 radical (unpaired) electrons. The van der Waals surface area contributed by atoms with Crippen LogP contribution in [0.5, 0.6) is 5.75 Å². The topological polar surface area (TPSA) is 77.9 Å². The van der Waals surface area contributed by atoms with E-state index < -0.39 is 17.3 Å². The van der Waals surface area contributed by atoms with Gasteiger partial charge in [-0.1, -0.05) is 0 Å². The third-order valence-electron chi connectivity index (χ3n) is 4.85. The van der Waals surface area contributed by atoms with E-state index >= 15 is 0 Å². The highest BCUT2D eigenvalue weighted by Gasteiger charge is 2.35. The highest BCUT2D eigenvalue weighted by Crippen LogP contribution is 2.38. The number of nitrogens with zero attached hydrogens (tertiary/aromatic N) is 2. The van der Waals surface area contributed by atoms with Crippen LogP contribution < -0.4 is 15.0 Å². The fourth-order valence-corrected chi connectivity index (χ4v) is 3.15. The average Bonchev–Trinajstić information content (AvgIpc) is 2.68. The summed E-state index contributed by atoms with van der Waals surface area (Å²) in [4.78, 5) is 6.27. The minimum atomic E-state index is -4.52. The lowest BCUT2D eigenvalue weighted by atomic mass is 9.92. The first-order valence-electron chi connectivity index (χ1n) is 8.81. The largest absolute Gasteiger partial charge is 0.496 e. The second-order valence-corrected chi connectivity index (χ2v) is 6.81. The number of piperidine rings is 1. The Morgan fingerprint density at radius 3 is 2.46 bits per heavy atom. The molecular weight excluding hydrogens is 375 g/mol. The number of ether oxygens (including phenoxy) is 1. The fourth-order valence-electron chi connectivity index (χ4n) is 3.15. The van der Waals surface area contributed by atoms with Crippen LogP contribution in [-0.2, 0) is 6.18 Å². The number of halogens is 3. The Labute approximate surface area is 160 Å². The first kappa shape index (κ1) is 20.2. The zero-order chi connectivity index (χ0) is 20.4. The van der Waals surface area contributed by atoms with E-state index in [2.05, 4.69) is 10.3 Å². The molecule has 1 saturated heterocycles. The predicted octanol–water partition coefficient (Wildman–Crippen LogP) is 3.18. The second kappa shape index (κ2) is 7.84. The lowest BCUT2D eigenvalue weighted by molar-refractivity contribution is -0.138. The molecular formula is C19H22F3N3O3. The van der Waals surface area contributed by atoms with Gasteiger partial charge in [0.15, 0.2) is 0 Å². The van der Waals surface area contributed by atoms with E-state index in [1.54, 1.807) is 18.3 Å². The Hall–Kier alpha value is -2.52. The number of benzene rings is 1. The molecule has 0 atom stereocenters. The molecule has 0 spiro atoms. The number of hydrogen-bond donors (Lipinski definition) is 3. The zero-order valence-electron chi connectivity index (χ0n) is 15.3. The van der Waals surface area contributed by atoms with Gasteiger partial charge in [-0.05, 0) is 37.1 Å². The molecule has 1 aliphatic rings. The van der Waals surface area contributed by atoms with Gasteiger partial charge in [0.05, 0.1) is 24.9 Å². The Balaban J connectivity index is 1.77. The van der Waals surface area contributed by atoms with Gasteiger partial charge in [-0.3, -0.25) is 0 Å². The molecule has 1 aromatic heterocycles. The summed E-state index contributed by atoms with van der Waals surface area (Å²) < 4.78 is 44.4. The van der Waals surface area contributed by atoms with Crippen LogP contribution in [0, 0.1) is 0 Å². The number of anilines is 3. The zero-order valence-corrected chi connectivity index (χ0v) is 15.3. The van der Waals surface area contributed by atoms with Crippen LogP contribution in [0.2, 0.25) is 0 Å². The third kappa shape index (κ3) is 4.48. The number of pyridine rings is 1. The maximum Gasteiger partial charge on any atom is 0.420 e. The molecule has 0 unspecified atom stereocenters. The van der Waals surface area contributed by atoms with Crippen molar-refractivity contribution in [3.8, 4) is 5.75 Å². The molecule has 1 aromatic carbocycles. The Kier molecular flexibility index (Phi) is 5.66. The van der Waals surface area contributed by atoms with Crippen molar-refractivity contribution < 1.29 is 28.1 Å². The molecule has 152 valence electrons. The number of aliphatic hydroxyl groups excluding tert-OH is 1. The molecule has 3 rings (SSSR count).